The molecule has 0 saturated carbocycles. The number of halogens is 1. The standard InChI is InChI=1S/C13H14BrN3O/c1-7-8(2)12(5-4-11(7)14)17-13(18)10(6-15)9(3)16-17/h4-6,15-16H,1-3H3. The van der Waals surface area contributed by atoms with Gasteiger partial charge in [0.2, 0.25) is 0 Å². The van der Waals surface area contributed by atoms with E-state index in [-0.39, 0.29) is 5.56 Å². The molecule has 4 nitrogen and oxygen atoms in total. The largest absolute Gasteiger partial charge is 0.308 e. The maximum atomic E-state index is 12.1. The van der Waals surface area contributed by atoms with Crippen molar-refractivity contribution in [3.8, 4) is 5.69 Å². The molecule has 1 aromatic heterocycles. The van der Waals surface area contributed by atoms with E-state index in [9.17, 15) is 4.79 Å². The number of nitrogens with zero attached hydrogens (tertiary/aromatic N) is 1. The summed E-state index contributed by atoms with van der Waals surface area (Å²) in [6.45, 7) is 5.77. The number of benzene rings is 1. The molecule has 0 saturated heterocycles. The molecule has 2 aromatic rings. The summed E-state index contributed by atoms with van der Waals surface area (Å²) in [5.41, 5.74) is 3.86. The fraction of sp³-hybridized carbons (Fsp3) is 0.231. The molecule has 0 aliphatic carbocycles. The molecule has 94 valence electrons. The van der Waals surface area contributed by atoms with Gasteiger partial charge in [0.15, 0.2) is 0 Å². The Morgan fingerprint density at radius 1 is 1.28 bits per heavy atom. The molecule has 0 aliphatic rings. The first-order valence-corrected chi connectivity index (χ1v) is 6.34. The Hall–Kier alpha value is -1.62. The molecule has 0 atom stereocenters. The van der Waals surface area contributed by atoms with Crippen LogP contribution in [0.5, 0.6) is 0 Å². The van der Waals surface area contributed by atoms with E-state index in [2.05, 4.69) is 21.0 Å². The van der Waals surface area contributed by atoms with Gasteiger partial charge >= 0.3 is 0 Å². The molecule has 0 spiro atoms. The fourth-order valence-electron chi connectivity index (χ4n) is 1.91. The third-order valence-electron chi connectivity index (χ3n) is 3.19. The Morgan fingerprint density at radius 3 is 2.50 bits per heavy atom. The van der Waals surface area contributed by atoms with Crippen molar-refractivity contribution in [2.24, 2.45) is 0 Å². The lowest BCUT2D eigenvalue weighted by Gasteiger charge is -2.10. The maximum Gasteiger partial charge on any atom is 0.280 e. The SMILES string of the molecule is Cc1[nH]n(-c2ccc(Br)c(C)c2C)c(=O)c1C=N. The second kappa shape index (κ2) is 4.57. The molecule has 1 heterocycles. The van der Waals surface area contributed by atoms with Crippen LogP contribution in [0.2, 0.25) is 0 Å². The highest BCUT2D eigenvalue weighted by Crippen LogP contribution is 2.24. The van der Waals surface area contributed by atoms with Gasteiger partial charge in [-0.05, 0) is 44.0 Å². The summed E-state index contributed by atoms with van der Waals surface area (Å²) in [5.74, 6) is 0. The molecule has 0 unspecified atom stereocenters. The van der Waals surface area contributed by atoms with Gasteiger partial charge in [-0.1, -0.05) is 15.9 Å². The van der Waals surface area contributed by atoms with Crippen molar-refractivity contribution < 1.29 is 0 Å². The van der Waals surface area contributed by atoms with Crippen molar-refractivity contribution in [2.45, 2.75) is 20.8 Å². The van der Waals surface area contributed by atoms with Crippen molar-refractivity contribution in [3.05, 3.63) is 49.3 Å². The van der Waals surface area contributed by atoms with Gasteiger partial charge < -0.3 is 5.41 Å². The molecule has 2 N–H and O–H groups in total. The first-order chi connectivity index (χ1) is 8.47. The molecule has 5 heteroatoms. The van der Waals surface area contributed by atoms with E-state index in [1.807, 2.05) is 26.0 Å². The molecule has 0 fully saturated rings. The van der Waals surface area contributed by atoms with Gasteiger partial charge in [-0.25, -0.2) is 4.68 Å². The van der Waals surface area contributed by atoms with Crippen LogP contribution in [0, 0.1) is 26.2 Å². The molecule has 18 heavy (non-hydrogen) atoms. The average Bonchev–Trinajstić information content (AvgIpc) is 2.62. The lowest BCUT2D eigenvalue weighted by Crippen LogP contribution is -2.18. The summed E-state index contributed by atoms with van der Waals surface area (Å²) in [4.78, 5) is 12.1. The lowest BCUT2D eigenvalue weighted by atomic mass is 10.1. The van der Waals surface area contributed by atoms with Crippen molar-refractivity contribution in [1.29, 1.82) is 5.41 Å². The van der Waals surface area contributed by atoms with Gasteiger partial charge in [0.25, 0.3) is 5.56 Å². The van der Waals surface area contributed by atoms with E-state index < -0.39 is 0 Å². The predicted octanol–water partition coefficient (Wildman–Crippen LogP) is 2.85. The van der Waals surface area contributed by atoms with Crippen molar-refractivity contribution in [2.75, 3.05) is 0 Å². The number of hydrogen-bond acceptors (Lipinski definition) is 2. The van der Waals surface area contributed by atoms with Gasteiger partial charge in [0, 0.05) is 16.4 Å². The van der Waals surface area contributed by atoms with Gasteiger partial charge in [0.1, 0.15) is 0 Å². The predicted molar refractivity (Wildman–Crippen MR) is 76.2 cm³/mol. The summed E-state index contributed by atoms with van der Waals surface area (Å²) >= 11 is 3.47. The normalized spacial score (nSPS) is 10.7. The first kappa shape index (κ1) is 12.8. The zero-order valence-electron chi connectivity index (χ0n) is 10.5. The van der Waals surface area contributed by atoms with Crippen LogP contribution in [-0.4, -0.2) is 16.0 Å². The number of H-pyrrole nitrogens is 1. The summed E-state index contributed by atoms with van der Waals surface area (Å²) < 4.78 is 2.51. The summed E-state index contributed by atoms with van der Waals surface area (Å²) in [5, 5.41) is 10.3. The molecule has 0 bridgehead atoms. The van der Waals surface area contributed by atoms with E-state index in [1.54, 1.807) is 6.92 Å². The molecule has 1 aromatic carbocycles. The number of aryl methyl sites for hydroxylation is 1. The van der Waals surface area contributed by atoms with Crippen LogP contribution in [0.15, 0.2) is 21.4 Å². The Morgan fingerprint density at radius 2 is 1.94 bits per heavy atom. The lowest BCUT2D eigenvalue weighted by molar-refractivity contribution is 0.827. The second-order valence-corrected chi connectivity index (χ2v) is 5.11. The topological polar surface area (TPSA) is 61.6 Å². The van der Waals surface area contributed by atoms with Crippen LogP contribution in [0.3, 0.4) is 0 Å². The van der Waals surface area contributed by atoms with Crippen molar-refractivity contribution in [3.63, 3.8) is 0 Å². The Balaban J connectivity index is 2.75. The summed E-state index contributed by atoms with van der Waals surface area (Å²) in [7, 11) is 0. The minimum absolute atomic E-state index is 0.188. The monoisotopic (exact) mass is 307 g/mol. The highest BCUT2D eigenvalue weighted by atomic mass is 79.9. The van der Waals surface area contributed by atoms with Crippen molar-refractivity contribution >= 4 is 22.1 Å². The Kier molecular flexibility index (Phi) is 3.26. The molecule has 0 amide bonds. The van der Waals surface area contributed by atoms with Crippen LogP contribution in [0.25, 0.3) is 5.69 Å². The number of aromatic amines is 1. The second-order valence-electron chi connectivity index (χ2n) is 4.25. The number of nitrogens with one attached hydrogen (secondary N) is 2. The van der Waals surface area contributed by atoms with E-state index in [1.165, 1.54) is 4.68 Å². The minimum Gasteiger partial charge on any atom is -0.308 e. The number of aromatic nitrogens is 2. The number of hydrogen-bond donors (Lipinski definition) is 2. The highest BCUT2D eigenvalue weighted by molar-refractivity contribution is 9.10. The zero-order chi connectivity index (χ0) is 13.4. The van der Waals surface area contributed by atoms with Crippen molar-refractivity contribution in [1.82, 2.24) is 9.78 Å². The van der Waals surface area contributed by atoms with Crippen LogP contribution >= 0.6 is 15.9 Å². The van der Waals surface area contributed by atoms with Crippen LogP contribution in [0.4, 0.5) is 0 Å². The average molecular weight is 308 g/mol. The third kappa shape index (κ3) is 1.84. The van der Waals surface area contributed by atoms with E-state index in [4.69, 9.17) is 5.41 Å². The molecule has 2 rings (SSSR count). The van der Waals surface area contributed by atoms with E-state index in [0.717, 1.165) is 27.5 Å². The summed E-state index contributed by atoms with van der Waals surface area (Å²) in [6, 6.07) is 3.81. The van der Waals surface area contributed by atoms with Gasteiger partial charge in [-0.3, -0.25) is 9.89 Å². The highest BCUT2D eigenvalue weighted by Gasteiger charge is 2.13. The van der Waals surface area contributed by atoms with Crippen LogP contribution in [0.1, 0.15) is 22.4 Å². The van der Waals surface area contributed by atoms with E-state index in [0.29, 0.717) is 11.3 Å². The van der Waals surface area contributed by atoms with Crippen LogP contribution in [-0.2, 0) is 0 Å². The molecule has 0 radical (unpaired) electrons. The van der Waals surface area contributed by atoms with E-state index >= 15 is 0 Å². The molecular formula is C13H14BrN3O. The van der Waals surface area contributed by atoms with Gasteiger partial charge in [-0.15, -0.1) is 0 Å². The zero-order valence-corrected chi connectivity index (χ0v) is 12.1. The van der Waals surface area contributed by atoms with Crippen LogP contribution < -0.4 is 5.56 Å². The number of rotatable bonds is 2. The fourth-order valence-corrected chi connectivity index (χ4v) is 2.34. The Labute approximate surface area is 113 Å². The van der Waals surface area contributed by atoms with Gasteiger partial charge in [0.05, 0.1) is 11.3 Å². The first-order valence-electron chi connectivity index (χ1n) is 5.55. The third-order valence-corrected chi connectivity index (χ3v) is 4.05. The summed E-state index contributed by atoms with van der Waals surface area (Å²) in [6.07, 6.45) is 1.09. The molecular weight excluding hydrogens is 294 g/mol. The maximum absolute atomic E-state index is 12.1. The van der Waals surface area contributed by atoms with Gasteiger partial charge in [-0.2, -0.15) is 0 Å². The minimum atomic E-state index is -0.188. The Bertz CT molecular complexity index is 682. The quantitative estimate of drug-likeness (QED) is 0.823. The molecule has 0 aliphatic heterocycles. The smallest absolute Gasteiger partial charge is 0.280 e.